The third-order valence-corrected chi connectivity index (χ3v) is 9.81. The second kappa shape index (κ2) is 29.5. The molecule has 0 aliphatic heterocycles. The number of rotatable bonds is 32. The maximum absolute atomic E-state index is 13.1. The van der Waals surface area contributed by atoms with Crippen molar-refractivity contribution in [3.05, 3.63) is 47.5 Å². The van der Waals surface area contributed by atoms with Crippen molar-refractivity contribution in [1.29, 1.82) is 0 Å². The summed E-state index contributed by atoms with van der Waals surface area (Å²) < 4.78 is 11.4. The van der Waals surface area contributed by atoms with Crippen molar-refractivity contribution in [1.82, 2.24) is 0 Å². The Kier molecular flexibility index (Phi) is 25.7. The summed E-state index contributed by atoms with van der Waals surface area (Å²) in [5.41, 5.74) is 0.892. The van der Waals surface area contributed by atoms with Crippen molar-refractivity contribution in [3.8, 4) is 0 Å². The molecule has 0 saturated heterocycles. The lowest BCUT2D eigenvalue weighted by Crippen LogP contribution is -2.11. The highest BCUT2D eigenvalue weighted by molar-refractivity contribution is 6.13. The predicted octanol–water partition coefficient (Wildman–Crippen LogP) is 14.1. The number of ether oxygens (including phenoxy) is 2. The van der Waals surface area contributed by atoms with E-state index >= 15 is 0 Å². The molecule has 0 amide bonds. The Morgan fingerprint density at radius 3 is 0.958 bits per heavy atom. The van der Waals surface area contributed by atoms with Crippen LogP contribution in [0.3, 0.4) is 0 Å². The van der Waals surface area contributed by atoms with E-state index in [-0.39, 0.29) is 11.9 Å². The minimum atomic E-state index is -0.360. The molecule has 0 bridgehead atoms. The van der Waals surface area contributed by atoms with Gasteiger partial charge < -0.3 is 9.47 Å². The Morgan fingerprint density at radius 1 is 0.396 bits per heavy atom. The number of carbonyl (C=O) groups excluding carboxylic acids is 2. The van der Waals surface area contributed by atoms with Gasteiger partial charge in [0.25, 0.3) is 0 Å². The molecule has 272 valence electrons. The van der Waals surface area contributed by atoms with Gasteiger partial charge in [-0.25, -0.2) is 9.59 Å². The van der Waals surface area contributed by atoms with Crippen molar-refractivity contribution in [3.63, 3.8) is 0 Å². The number of benzene rings is 2. The van der Waals surface area contributed by atoms with Gasteiger partial charge in [-0.3, -0.25) is 0 Å². The third kappa shape index (κ3) is 19.6. The Morgan fingerprint density at radius 2 is 0.667 bits per heavy atom. The van der Waals surface area contributed by atoms with Gasteiger partial charge in [0.1, 0.15) is 0 Å². The second-order valence-electron chi connectivity index (χ2n) is 14.2. The van der Waals surface area contributed by atoms with Gasteiger partial charge in [-0.05, 0) is 30.4 Å². The number of fused-ring (bicyclic) bond motifs is 1. The van der Waals surface area contributed by atoms with Gasteiger partial charge in [-0.1, -0.05) is 205 Å². The first kappa shape index (κ1) is 41.8. The molecule has 4 nitrogen and oxygen atoms in total. The van der Waals surface area contributed by atoms with Crippen LogP contribution in [-0.4, -0.2) is 25.2 Å². The highest BCUT2D eigenvalue weighted by Crippen LogP contribution is 2.25. The lowest BCUT2D eigenvalue weighted by atomic mass is 9.99. The monoisotopic (exact) mass is 665 g/mol. The lowest BCUT2D eigenvalue weighted by Gasteiger charge is -2.12. The maximum Gasteiger partial charge on any atom is 0.338 e. The summed E-state index contributed by atoms with van der Waals surface area (Å²) in [6.45, 7) is 5.38. The molecular formula is C44H72O4. The molecule has 2 rings (SSSR count). The van der Waals surface area contributed by atoms with Crippen LogP contribution in [0.5, 0.6) is 0 Å². The summed E-state index contributed by atoms with van der Waals surface area (Å²) in [7, 11) is 0. The third-order valence-electron chi connectivity index (χ3n) is 9.81. The minimum absolute atomic E-state index is 0.359. The van der Waals surface area contributed by atoms with Gasteiger partial charge >= 0.3 is 11.9 Å². The summed E-state index contributed by atoms with van der Waals surface area (Å²) in [6.07, 6.45) is 36.3. The molecule has 0 spiro atoms. The van der Waals surface area contributed by atoms with Crippen LogP contribution in [0.15, 0.2) is 36.4 Å². The van der Waals surface area contributed by atoms with Crippen molar-refractivity contribution in [2.75, 3.05) is 13.2 Å². The molecular weight excluding hydrogens is 592 g/mol. The molecule has 0 aliphatic carbocycles. The Hall–Kier alpha value is -2.36. The molecule has 2 aromatic rings. The summed E-state index contributed by atoms with van der Waals surface area (Å²) in [6, 6.07) is 11.1. The number of esters is 2. The van der Waals surface area contributed by atoms with Gasteiger partial charge in [-0.2, -0.15) is 0 Å². The van der Waals surface area contributed by atoms with Gasteiger partial charge in [0, 0.05) is 5.39 Å². The van der Waals surface area contributed by atoms with Gasteiger partial charge in [0.15, 0.2) is 0 Å². The minimum Gasteiger partial charge on any atom is -0.462 e. The summed E-state index contributed by atoms with van der Waals surface area (Å²) in [5.74, 6) is -0.718. The molecule has 0 N–H and O–H groups in total. The summed E-state index contributed by atoms with van der Waals surface area (Å²) >= 11 is 0. The SMILES string of the molecule is CCCCCCCCCCCCCCCCCCOC(=O)c1cccc2cccc(C(=O)OCCCCCCCCCCCCCC)c12. The average molecular weight is 665 g/mol. The first-order valence-electron chi connectivity index (χ1n) is 20.5. The molecule has 0 unspecified atom stereocenters. The van der Waals surface area contributed by atoms with E-state index < -0.39 is 0 Å². The lowest BCUT2D eigenvalue weighted by molar-refractivity contribution is 0.0498. The van der Waals surface area contributed by atoms with Crippen molar-refractivity contribution in [2.45, 2.75) is 194 Å². The van der Waals surface area contributed by atoms with E-state index in [1.807, 2.05) is 24.3 Å². The van der Waals surface area contributed by atoms with E-state index in [4.69, 9.17) is 9.47 Å². The molecule has 4 heteroatoms. The standard InChI is InChI=1S/C44H72O4/c1-3-5-7-9-11-13-15-17-18-19-20-22-24-26-28-30-38-48-44(46)41-36-32-34-39-33-31-35-40(42(39)41)43(45)47-37-29-27-25-23-21-16-14-12-10-8-6-4-2/h31-36H,3-30,37-38H2,1-2H3. The van der Waals surface area contributed by atoms with Gasteiger partial charge in [-0.15, -0.1) is 0 Å². The number of carbonyl (C=O) groups is 2. The molecule has 0 atom stereocenters. The van der Waals surface area contributed by atoms with Crippen molar-refractivity contribution >= 4 is 22.7 Å². The molecule has 0 saturated carbocycles. The Balaban J connectivity index is 1.58. The molecule has 0 radical (unpaired) electrons. The van der Waals surface area contributed by atoms with Crippen LogP contribution in [0.4, 0.5) is 0 Å². The van der Waals surface area contributed by atoms with Crippen LogP contribution in [-0.2, 0) is 9.47 Å². The molecule has 0 aromatic heterocycles. The first-order chi connectivity index (χ1) is 23.7. The number of hydrogen-bond donors (Lipinski definition) is 0. The summed E-state index contributed by atoms with van der Waals surface area (Å²) in [4.78, 5) is 26.2. The maximum atomic E-state index is 13.1. The second-order valence-corrected chi connectivity index (χ2v) is 14.2. The fourth-order valence-electron chi connectivity index (χ4n) is 6.76. The molecule has 0 heterocycles. The number of unbranched alkanes of at least 4 members (excludes halogenated alkanes) is 26. The van der Waals surface area contributed by atoms with Crippen molar-refractivity contribution < 1.29 is 19.1 Å². The van der Waals surface area contributed by atoms with E-state index in [0.717, 1.165) is 31.1 Å². The van der Waals surface area contributed by atoms with Crippen LogP contribution in [0.2, 0.25) is 0 Å². The predicted molar refractivity (Wildman–Crippen MR) is 205 cm³/mol. The largest absolute Gasteiger partial charge is 0.462 e. The zero-order valence-corrected chi connectivity index (χ0v) is 31.3. The smallest absolute Gasteiger partial charge is 0.338 e. The van der Waals surface area contributed by atoms with E-state index in [0.29, 0.717) is 29.7 Å². The fraction of sp³-hybridized carbons (Fsp3) is 0.727. The van der Waals surface area contributed by atoms with Crippen LogP contribution in [0.1, 0.15) is 214 Å². The Labute approximate surface area is 295 Å². The number of hydrogen-bond acceptors (Lipinski definition) is 4. The molecule has 2 aromatic carbocycles. The fourth-order valence-corrected chi connectivity index (χ4v) is 6.76. The highest BCUT2D eigenvalue weighted by atomic mass is 16.5. The van der Waals surface area contributed by atoms with Gasteiger partial charge in [0.2, 0.25) is 0 Å². The Bertz CT molecular complexity index is 1070. The van der Waals surface area contributed by atoms with E-state index in [9.17, 15) is 9.59 Å². The van der Waals surface area contributed by atoms with E-state index in [2.05, 4.69) is 13.8 Å². The molecule has 0 fully saturated rings. The normalized spacial score (nSPS) is 11.3. The van der Waals surface area contributed by atoms with Crippen molar-refractivity contribution in [2.24, 2.45) is 0 Å². The van der Waals surface area contributed by atoms with Crippen LogP contribution < -0.4 is 0 Å². The quantitative estimate of drug-likeness (QED) is 0.0577. The average Bonchev–Trinajstić information content (AvgIpc) is 3.10. The molecule has 0 aliphatic rings. The van der Waals surface area contributed by atoms with Crippen LogP contribution in [0.25, 0.3) is 10.8 Å². The van der Waals surface area contributed by atoms with E-state index in [1.165, 1.54) is 154 Å². The summed E-state index contributed by atoms with van der Waals surface area (Å²) in [5, 5.41) is 1.49. The van der Waals surface area contributed by atoms with Crippen LogP contribution >= 0.6 is 0 Å². The highest BCUT2D eigenvalue weighted by Gasteiger charge is 2.19. The molecule has 48 heavy (non-hydrogen) atoms. The van der Waals surface area contributed by atoms with Gasteiger partial charge in [0.05, 0.1) is 24.3 Å². The first-order valence-corrected chi connectivity index (χ1v) is 20.5. The van der Waals surface area contributed by atoms with Crippen LogP contribution in [0, 0.1) is 0 Å². The van der Waals surface area contributed by atoms with E-state index in [1.54, 1.807) is 12.1 Å². The zero-order chi connectivity index (χ0) is 34.3. The topological polar surface area (TPSA) is 52.6 Å². The zero-order valence-electron chi connectivity index (χ0n) is 31.3.